The molecule has 0 unspecified atom stereocenters. The van der Waals surface area contributed by atoms with Crippen molar-refractivity contribution in [1.29, 1.82) is 0 Å². The van der Waals surface area contributed by atoms with Crippen LogP contribution in [-0.2, 0) is 6.42 Å². The van der Waals surface area contributed by atoms with Gasteiger partial charge in [-0.3, -0.25) is 0 Å². The van der Waals surface area contributed by atoms with Gasteiger partial charge in [-0.05, 0) is 31.9 Å². The normalized spacial score (nSPS) is 25.3. The maximum absolute atomic E-state index is 10.0. The van der Waals surface area contributed by atoms with E-state index in [1.54, 1.807) is 0 Å². The molecule has 2 nitrogen and oxygen atoms in total. The van der Waals surface area contributed by atoms with Crippen LogP contribution >= 0.6 is 0 Å². The molecular weight excluding hydrogens is 186 g/mol. The number of benzene rings is 1. The zero-order valence-electron chi connectivity index (χ0n) is 9.62. The second-order valence-corrected chi connectivity index (χ2v) is 5.34. The molecule has 0 aliphatic heterocycles. The molecule has 1 aliphatic rings. The third kappa shape index (κ3) is 2.21. The number of rotatable bonds is 1. The molecule has 15 heavy (non-hydrogen) atoms. The van der Waals surface area contributed by atoms with Crippen LogP contribution in [0.5, 0.6) is 0 Å². The van der Waals surface area contributed by atoms with Crippen LogP contribution in [0.3, 0.4) is 0 Å². The minimum atomic E-state index is -0.290. The van der Waals surface area contributed by atoms with E-state index in [-0.39, 0.29) is 17.7 Å². The van der Waals surface area contributed by atoms with E-state index in [9.17, 15) is 5.11 Å². The molecule has 1 aromatic carbocycles. The van der Waals surface area contributed by atoms with Crippen LogP contribution in [-0.4, -0.2) is 16.7 Å². The fourth-order valence-electron chi connectivity index (χ4n) is 2.21. The molecule has 0 aromatic heterocycles. The third-order valence-electron chi connectivity index (χ3n) is 2.79. The first-order valence-corrected chi connectivity index (χ1v) is 5.51. The van der Waals surface area contributed by atoms with Gasteiger partial charge in [0.15, 0.2) is 0 Å². The number of nitrogens with one attached hydrogen (secondary N) is 1. The van der Waals surface area contributed by atoms with Crippen molar-refractivity contribution in [3.8, 4) is 0 Å². The van der Waals surface area contributed by atoms with Gasteiger partial charge in [-0.15, -0.1) is 0 Å². The molecule has 2 atom stereocenters. The van der Waals surface area contributed by atoms with Crippen molar-refractivity contribution in [3.63, 3.8) is 0 Å². The Balaban J connectivity index is 2.26. The lowest BCUT2D eigenvalue weighted by molar-refractivity contribution is 0.126. The van der Waals surface area contributed by atoms with Gasteiger partial charge < -0.3 is 10.4 Å². The van der Waals surface area contributed by atoms with Gasteiger partial charge in [0.05, 0.1) is 12.1 Å². The summed E-state index contributed by atoms with van der Waals surface area (Å²) in [5, 5.41) is 13.5. The molecule has 0 spiro atoms. The first-order valence-electron chi connectivity index (χ1n) is 5.51. The monoisotopic (exact) mass is 205 g/mol. The topological polar surface area (TPSA) is 32.3 Å². The van der Waals surface area contributed by atoms with Crippen LogP contribution in [0.25, 0.3) is 0 Å². The lowest BCUT2D eigenvalue weighted by Gasteiger charge is -2.28. The standard InChI is InChI=1S/C13H19NO/c1-13(2,3)14-12-10-7-5-4-6-9(10)8-11(12)15/h4-7,11-12,14-15H,8H2,1-3H3/t11-,12+/m0/s1. The Morgan fingerprint density at radius 3 is 2.60 bits per heavy atom. The van der Waals surface area contributed by atoms with Crippen molar-refractivity contribution in [2.45, 2.75) is 44.9 Å². The number of aliphatic hydroxyl groups is 1. The lowest BCUT2D eigenvalue weighted by atomic mass is 10.0. The molecule has 2 rings (SSSR count). The summed E-state index contributed by atoms with van der Waals surface area (Å²) in [6.07, 6.45) is 0.478. The van der Waals surface area contributed by atoms with Crippen LogP contribution in [0.4, 0.5) is 0 Å². The van der Waals surface area contributed by atoms with Gasteiger partial charge in [-0.2, -0.15) is 0 Å². The van der Waals surface area contributed by atoms with E-state index in [1.165, 1.54) is 11.1 Å². The fourth-order valence-corrected chi connectivity index (χ4v) is 2.21. The molecule has 2 heteroatoms. The predicted octanol–water partition coefficient (Wildman–Crippen LogP) is 2.03. The van der Waals surface area contributed by atoms with Gasteiger partial charge in [0.25, 0.3) is 0 Å². The summed E-state index contributed by atoms with van der Waals surface area (Å²) in [5.41, 5.74) is 2.55. The van der Waals surface area contributed by atoms with Crippen LogP contribution < -0.4 is 5.32 Å². The Labute approximate surface area is 91.3 Å². The summed E-state index contributed by atoms with van der Waals surface area (Å²) in [4.78, 5) is 0. The molecule has 0 amide bonds. The highest BCUT2D eigenvalue weighted by molar-refractivity contribution is 5.36. The van der Waals surface area contributed by atoms with Crippen molar-refractivity contribution >= 4 is 0 Å². The quantitative estimate of drug-likeness (QED) is 0.735. The summed E-state index contributed by atoms with van der Waals surface area (Å²) in [5.74, 6) is 0. The molecular formula is C13H19NO. The molecule has 2 N–H and O–H groups in total. The van der Waals surface area contributed by atoms with Gasteiger partial charge in [-0.1, -0.05) is 24.3 Å². The molecule has 1 aromatic rings. The maximum Gasteiger partial charge on any atom is 0.0775 e. The van der Waals surface area contributed by atoms with Crippen LogP contribution in [0, 0.1) is 0 Å². The fraction of sp³-hybridized carbons (Fsp3) is 0.538. The Morgan fingerprint density at radius 1 is 1.27 bits per heavy atom. The third-order valence-corrected chi connectivity index (χ3v) is 2.79. The van der Waals surface area contributed by atoms with Gasteiger partial charge in [-0.25, -0.2) is 0 Å². The van der Waals surface area contributed by atoms with E-state index in [0.29, 0.717) is 0 Å². The Hall–Kier alpha value is -0.860. The minimum absolute atomic E-state index is 0.0309. The largest absolute Gasteiger partial charge is 0.391 e. The van der Waals surface area contributed by atoms with Crippen molar-refractivity contribution in [1.82, 2.24) is 5.32 Å². The summed E-state index contributed by atoms with van der Waals surface area (Å²) < 4.78 is 0. The first-order chi connectivity index (χ1) is 6.97. The van der Waals surface area contributed by atoms with Gasteiger partial charge >= 0.3 is 0 Å². The molecule has 0 heterocycles. The number of fused-ring (bicyclic) bond motifs is 1. The second kappa shape index (κ2) is 3.62. The zero-order valence-corrected chi connectivity index (χ0v) is 9.62. The number of aliphatic hydroxyl groups excluding tert-OH is 1. The van der Waals surface area contributed by atoms with Crippen LogP contribution in [0.1, 0.15) is 37.9 Å². The smallest absolute Gasteiger partial charge is 0.0775 e. The van der Waals surface area contributed by atoms with Crippen LogP contribution in [0.15, 0.2) is 24.3 Å². The average Bonchev–Trinajstić information content (AvgIpc) is 2.41. The van der Waals surface area contributed by atoms with Crippen molar-refractivity contribution in [2.75, 3.05) is 0 Å². The molecule has 82 valence electrons. The van der Waals surface area contributed by atoms with E-state index < -0.39 is 0 Å². The second-order valence-electron chi connectivity index (χ2n) is 5.34. The molecule has 0 bridgehead atoms. The highest BCUT2D eigenvalue weighted by Crippen LogP contribution is 2.32. The van der Waals surface area contributed by atoms with Gasteiger partial charge in [0.2, 0.25) is 0 Å². The van der Waals surface area contributed by atoms with Crippen molar-refractivity contribution in [2.24, 2.45) is 0 Å². The SMILES string of the molecule is CC(C)(C)N[C@@H]1c2ccccc2C[C@@H]1O. The van der Waals surface area contributed by atoms with E-state index in [4.69, 9.17) is 0 Å². The Morgan fingerprint density at radius 2 is 1.93 bits per heavy atom. The highest BCUT2D eigenvalue weighted by atomic mass is 16.3. The summed E-state index contributed by atoms with van der Waals surface area (Å²) in [6.45, 7) is 6.38. The molecule has 1 aliphatic carbocycles. The molecule has 0 saturated heterocycles. The summed E-state index contributed by atoms with van der Waals surface area (Å²) >= 11 is 0. The van der Waals surface area contributed by atoms with Gasteiger partial charge in [0, 0.05) is 12.0 Å². The Kier molecular flexibility index (Phi) is 2.57. The first kappa shape index (κ1) is 10.7. The van der Waals surface area contributed by atoms with E-state index in [1.807, 2.05) is 12.1 Å². The zero-order chi connectivity index (χ0) is 11.1. The lowest BCUT2D eigenvalue weighted by Crippen LogP contribution is -2.42. The van der Waals surface area contributed by atoms with E-state index >= 15 is 0 Å². The van der Waals surface area contributed by atoms with Gasteiger partial charge in [0.1, 0.15) is 0 Å². The van der Waals surface area contributed by atoms with E-state index in [0.717, 1.165) is 6.42 Å². The Bertz CT molecular complexity index is 354. The summed E-state index contributed by atoms with van der Waals surface area (Å²) in [7, 11) is 0. The molecule has 0 saturated carbocycles. The molecule has 0 fully saturated rings. The predicted molar refractivity (Wildman–Crippen MR) is 61.8 cm³/mol. The summed E-state index contributed by atoms with van der Waals surface area (Å²) in [6, 6.07) is 8.36. The van der Waals surface area contributed by atoms with Crippen molar-refractivity contribution < 1.29 is 5.11 Å². The number of hydrogen-bond acceptors (Lipinski definition) is 2. The van der Waals surface area contributed by atoms with Crippen LogP contribution in [0.2, 0.25) is 0 Å². The van der Waals surface area contributed by atoms with E-state index in [2.05, 4.69) is 38.2 Å². The average molecular weight is 205 g/mol. The highest BCUT2D eigenvalue weighted by Gasteiger charge is 2.32. The van der Waals surface area contributed by atoms with Crippen molar-refractivity contribution in [3.05, 3.63) is 35.4 Å². The number of hydrogen-bond donors (Lipinski definition) is 2. The maximum atomic E-state index is 10.0. The molecule has 0 radical (unpaired) electrons. The minimum Gasteiger partial charge on any atom is -0.391 e.